The highest BCUT2D eigenvalue weighted by molar-refractivity contribution is 7.98. The summed E-state index contributed by atoms with van der Waals surface area (Å²) in [5.74, 6) is -0.442. The van der Waals surface area contributed by atoms with Crippen LogP contribution in [0.3, 0.4) is 0 Å². The van der Waals surface area contributed by atoms with Crippen LogP contribution in [-0.2, 0) is 24.7 Å². The van der Waals surface area contributed by atoms with Crippen molar-refractivity contribution in [3.8, 4) is 0 Å². The molecule has 10 heteroatoms. The number of nitrogens with one attached hydrogen (secondary N) is 2. The number of sulfone groups is 1. The Morgan fingerprint density at radius 1 is 1.00 bits per heavy atom. The molecule has 0 unspecified atom stereocenters. The minimum atomic E-state index is -3.89. The summed E-state index contributed by atoms with van der Waals surface area (Å²) in [6.07, 6.45) is 3.44. The Balaban J connectivity index is 2.34. The standard InChI is InChI=1S/C21H28N2O5S3/c1-6-18(15-7-9-16(10-8-15)30(5,25)26)23-31(27,28)17-11-12-20(29-4)19(13-17)22-21(24)14(2)3/h7-14,18,23H,6H2,1-5H3,(H,22,24)/t18-/m0/s1. The molecular weight excluding hydrogens is 456 g/mol. The van der Waals surface area contributed by atoms with E-state index in [0.717, 1.165) is 11.2 Å². The van der Waals surface area contributed by atoms with E-state index in [0.29, 0.717) is 17.7 Å². The van der Waals surface area contributed by atoms with Gasteiger partial charge in [-0.2, -0.15) is 0 Å². The second-order valence-corrected chi connectivity index (χ2v) is 12.0. The normalized spacial score (nSPS) is 13.2. The number of benzene rings is 2. The van der Waals surface area contributed by atoms with E-state index < -0.39 is 25.9 Å². The molecule has 0 aromatic heterocycles. The second kappa shape index (κ2) is 10.2. The molecule has 0 saturated carbocycles. The highest BCUT2D eigenvalue weighted by Gasteiger charge is 2.22. The highest BCUT2D eigenvalue weighted by atomic mass is 32.2. The Bertz CT molecular complexity index is 1140. The number of carbonyl (C=O) groups is 1. The highest BCUT2D eigenvalue weighted by Crippen LogP contribution is 2.30. The van der Waals surface area contributed by atoms with Crippen molar-refractivity contribution in [2.24, 2.45) is 5.92 Å². The summed E-state index contributed by atoms with van der Waals surface area (Å²) >= 11 is 1.41. The van der Waals surface area contributed by atoms with Gasteiger partial charge in [-0.15, -0.1) is 11.8 Å². The van der Waals surface area contributed by atoms with Crippen LogP contribution in [0.15, 0.2) is 57.2 Å². The Hall–Kier alpha value is -1.88. The Labute approximate surface area is 189 Å². The molecule has 0 spiro atoms. The minimum absolute atomic E-state index is 0.0376. The van der Waals surface area contributed by atoms with Crippen LogP contribution in [0.5, 0.6) is 0 Å². The van der Waals surface area contributed by atoms with Crippen molar-refractivity contribution in [3.05, 3.63) is 48.0 Å². The van der Waals surface area contributed by atoms with E-state index in [1.807, 2.05) is 13.2 Å². The number of sulfonamides is 1. The van der Waals surface area contributed by atoms with Crippen molar-refractivity contribution in [2.45, 2.75) is 47.9 Å². The molecule has 0 heterocycles. The maximum Gasteiger partial charge on any atom is 0.241 e. The van der Waals surface area contributed by atoms with Crippen molar-refractivity contribution >= 4 is 43.2 Å². The van der Waals surface area contributed by atoms with Gasteiger partial charge in [-0.3, -0.25) is 4.79 Å². The second-order valence-electron chi connectivity index (χ2n) is 7.43. The predicted molar refractivity (Wildman–Crippen MR) is 125 cm³/mol. The first-order chi connectivity index (χ1) is 14.4. The molecule has 1 amide bonds. The van der Waals surface area contributed by atoms with Crippen molar-refractivity contribution in [3.63, 3.8) is 0 Å². The average Bonchev–Trinajstić information content (AvgIpc) is 2.71. The number of hydrogen-bond acceptors (Lipinski definition) is 6. The molecule has 0 bridgehead atoms. The number of anilines is 1. The van der Waals surface area contributed by atoms with Gasteiger partial charge < -0.3 is 5.32 Å². The fourth-order valence-corrected chi connectivity index (χ4v) is 5.32. The molecule has 0 fully saturated rings. The van der Waals surface area contributed by atoms with Gasteiger partial charge in [0.2, 0.25) is 15.9 Å². The van der Waals surface area contributed by atoms with Crippen molar-refractivity contribution < 1.29 is 21.6 Å². The van der Waals surface area contributed by atoms with Gasteiger partial charge in [0.05, 0.1) is 15.5 Å². The van der Waals surface area contributed by atoms with Crippen LogP contribution < -0.4 is 10.0 Å². The maximum absolute atomic E-state index is 13.0. The fraction of sp³-hybridized carbons (Fsp3) is 0.381. The van der Waals surface area contributed by atoms with E-state index in [-0.39, 0.29) is 21.6 Å². The predicted octanol–water partition coefficient (Wildman–Crippen LogP) is 3.84. The van der Waals surface area contributed by atoms with Crippen LogP contribution in [-0.4, -0.2) is 35.3 Å². The van der Waals surface area contributed by atoms with Gasteiger partial charge >= 0.3 is 0 Å². The third kappa shape index (κ3) is 6.55. The first-order valence-electron chi connectivity index (χ1n) is 9.70. The number of thioether (sulfide) groups is 1. The van der Waals surface area contributed by atoms with Gasteiger partial charge in [0.1, 0.15) is 0 Å². The van der Waals surface area contributed by atoms with E-state index in [1.165, 1.54) is 36.0 Å². The van der Waals surface area contributed by atoms with Crippen LogP contribution in [0, 0.1) is 5.92 Å². The van der Waals surface area contributed by atoms with E-state index in [2.05, 4.69) is 10.0 Å². The zero-order chi connectivity index (χ0) is 23.4. The van der Waals surface area contributed by atoms with Crippen LogP contribution in [0.4, 0.5) is 5.69 Å². The SMILES string of the molecule is CC[C@H](NS(=O)(=O)c1ccc(SC)c(NC(=O)C(C)C)c1)c1ccc(S(C)(=O)=O)cc1. The quantitative estimate of drug-likeness (QED) is 0.524. The third-order valence-electron chi connectivity index (χ3n) is 4.68. The van der Waals surface area contributed by atoms with Crippen LogP contribution >= 0.6 is 11.8 Å². The largest absolute Gasteiger partial charge is 0.325 e. The molecule has 0 aliphatic rings. The van der Waals surface area contributed by atoms with Gasteiger partial charge in [0, 0.05) is 23.1 Å². The number of carbonyl (C=O) groups excluding carboxylic acids is 1. The first-order valence-corrected chi connectivity index (χ1v) is 14.3. The lowest BCUT2D eigenvalue weighted by Gasteiger charge is -2.19. The lowest BCUT2D eigenvalue weighted by molar-refractivity contribution is -0.118. The topological polar surface area (TPSA) is 109 Å². The molecule has 2 aromatic rings. The first kappa shape index (κ1) is 25.4. The molecule has 2 aromatic carbocycles. The number of hydrogen-bond donors (Lipinski definition) is 2. The van der Waals surface area contributed by atoms with E-state index >= 15 is 0 Å². The summed E-state index contributed by atoms with van der Waals surface area (Å²) in [6, 6.07) is 10.2. The van der Waals surface area contributed by atoms with Gasteiger partial charge in [-0.25, -0.2) is 21.6 Å². The zero-order valence-electron chi connectivity index (χ0n) is 18.2. The minimum Gasteiger partial charge on any atom is -0.325 e. The van der Waals surface area contributed by atoms with Crippen LogP contribution in [0.25, 0.3) is 0 Å². The zero-order valence-corrected chi connectivity index (χ0v) is 20.6. The summed E-state index contributed by atoms with van der Waals surface area (Å²) in [5, 5.41) is 2.78. The molecule has 0 radical (unpaired) electrons. The third-order valence-corrected chi connectivity index (χ3v) is 8.07. The number of rotatable bonds is 9. The lowest BCUT2D eigenvalue weighted by Crippen LogP contribution is -2.28. The van der Waals surface area contributed by atoms with Gasteiger partial charge in [-0.1, -0.05) is 32.9 Å². The van der Waals surface area contributed by atoms with E-state index in [9.17, 15) is 21.6 Å². The molecular formula is C21H28N2O5S3. The van der Waals surface area contributed by atoms with Crippen molar-refractivity contribution in [2.75, 3.05) is 17.8 Å². The molecule has 2 N–H and O–H groups in total. The van der Waals surface area contributed by atoms with Crippen molar-refractivity contribution in [1.82, 2.24) is 4.72 Å². The molecule has 0 saturated heterocycles. The molecule has 1 atom stereocenters. The molecule has 7 nitrogen and oxygen atoms in total. The summed E-state index contributed by atoms with van der Waals surface area (Å²) in [6.45, 7) is 5.36. The van der Waals surface area contributed by atoms with E-state index in [1.54, 1.807) is 32.0 Å². The molecule has 0 aliphatic carbocycles. The Morgan fingerprint density at radius 3 is 2.06 bits per heavy atom. The molecule has 170 valence electrons. The van der Waals surface area contributed by atoms with E-state index in [4.69, 9.17) is 0 Å². The smallest absolute Gasteiger partial charge is 0.241 e. The maximum atomic E-state index is 13.0. The van der Waals surface area contributed by atoms with Gasteiger partial charge in [0.15, 0.2) is 9.84 Å². The lowest BCUT2D eigenvalue weighted by atomic mass is 10.1. The Kier molecular flexibility index (Phi) is 8.32. The molecule has 2 rings (SSSR count). The summed E-state index contributed by atoms with van der Waals surface area (Å²) in [5.41, 5.74) is 1.10. The summed E-state index contributed by atoms with van der Waals surface area (Å²) in [4.78, 5) is 13.1. The molecule has 0 aliphatic heterocycles. The van der Waals surface area contributed by atoms with Gasteiger partial charge in [-0.05, 0) is 48.6 Å². The average molecular weight is 485 g/mol. The van der Waals surface area contributed by atoms with Crippen LogP contribution in [0.1, 0.15) is 38.8 Å². The molecule has 31 heavy (non-hydrogen) atoms. The number of amides is 1. The van der Waals surface area contributed by atoms with Gasteiger partial charge in [0.25, 0.3) is 0 Å². The fourth-order valence-electron chi connectivity index (χ4n) is 2.82. The monoisotopic (exact) mass is 484 g/mol. The van der Waals surface area contributed by atoms with Crippen LogP contribution in [0.2, 0.25) is 0 Å². The Morgan fingerprint density at radius 2 is 1.58 bits per heavy atom. The van der Waals surface area contributed by atoms with Crippen molar-refractivity contribution in [1.29, 1.82) is 0 Å². The summed E-state index contributed by atoms with van der Waals surface area (Å²) in [7, 11) is -7.22. The summed E-state index contributed by atoms with van der Waals surface area (Å²) < 4.78 is 52.1.